The van der Waals surface area contributed by atoms with Crippen molar-refractivity contribution < 1.29 is 13.2 Å². The summed E-state index contributed by atoms with van der Waals surface area (Å²) in [4.78, 5) is 2.74. The van der Waals surface area contributed by atoms with Gasteiger partial charge in [0.15, 0.2) is 0 Å². The first kappa shape index (κ1) is 15.0. The summed E-state index contributed by atoms with van der Waals surface area (Å²) in [5, 5.41) is 0. The van der Waals surface area contributed by atoms with E-state index in [2.05, 4.69) is 9.62 Å². The normalized spacial score (nSPS) is 26.7. The van der Waals surface area contributed by atoms with Crippen molar-refractivity contribution in [3.63, 3.8) is 0 Å². The summed E-state index contributed by atoms with van der Waals surface area (Å²) in [6.07, 6.45) is 1.61. The van der Waals surface area contributed by atoms with Crippen molar-refractivity contribution in [3.8, 4) is 0 Å². The third kappa shape index (κ3) is 3.29. The van der Waals surface area contributed by atoms with Gasteiger partial charge in [0.05, 0.1) is 18.1 Å². The first-order valence-corrected chi connectivity index (χ1v) is 9.02. The molecule has 0 aromatic heterocycles. The fraction of sp³-hybridized carbons (Fsp3) is 0.600. The molecule has 0 unspecified atom stereocenters. The van der Waals surface area contributed by atoms with Crippen LogP contribution < -0.4 is 4.72 Å². The highest BCUT2D eigenvalue weighted by Gasteiger charge is 2.44. The second-order valence-corrected chi connectivity index (χ2v) is 7.32. The minimum atomic E-state index is -3.42. The Morgan fingerprint density at radius 3 is 2.71 bits per heavy atom. The first-order valence-electron chi connectivity index (χ1n) is 7.54. The van der Waals surface area contributed by atoms with E-state index in [4.69, 9.17) is 4.74 Å². The lowest BCUT2D eigenvalue weighted by molar-refractivity contribution is 0.0329. The molecule has 1 heterocycles. The van der Waals surface area contributed by atoms with Gasteiger partial charge in [-0.1, -0.05) is 25.1 Å². The monoisotopic (exact) mass is 310 g/mol. The summed E-state index contributed by atoms with van der Waals surface area (Å²) < 4.78 is 33.3. The lowest BCUT2D eigenvalue weighted by atomic mass is 10.2. The number of aryl methyl sites for hydroxylation is 1. The fourth-order valence-corrected chi connectivity index (χ4v) is 4.54. The van der Waals surface area contributed by atoms with Gasteiger partial charge in [0.25, 0.3) is 0 Å². The van der Waals surface area contributed by atoms with E-state index in [1.54, 1.807) is 12.1 Å². The maximum atomic E-state index is 12.5. The highest BCUT2D eigenvalue weighted by atomic mass is 32.2. The number of rotatable bonds is 5. The lowest BCUT2D eigenvalue weighted by Crippen LogP contribution is -2.41. The molecule has 1 saturated heterocycles. The van der Waals surface area contributed by atoms with Gasteiger partial charge in [-0.15, -0.1) is 0 Å². The van der Waals surface area contributed by atoms with Gasteiger partial charge in [0, 0.05) is 25.2 Å². The van der Waals surface area contributed by atoms with Gasteiger partial charge in [-0.3, -0.25) is 4.90 Å². The quantitative estimate of drug-likeness (QED) is 0.881. The molecule has 2 atom stereocenters. The molecule has 2 fully saturated rings. The molecule has 0 radical (unpaired) electrons. The van der Waals surface area contributed by atoms with Gasteiger partial charge in [0.1, 0.15) is 0 Å². The molecular weight excluding hydrogens is 288 g/mol. The Morgan fingerprint density at radius 1 is 1.29 bits per heavy atom. The van der Waals surface area contributed by atoms with E-state index >= 15 is 0 Å². The molecule has 2 aliphatic rings. The predicted octanol–water partition coefficient (Wildman–Crippen LogP) is 1.00. The Labute approximate surface area is 126 Å². The van der Waals surface area contributed by atoms with Crippen LogP contribution in [-0.2, 0) is 21.2 Å². The van der Waals surface area contributed by atoms with Crippen molar-refractivity contribution in [1.29, 1.82) is 0 Å². The molecule has 0 bridgehead atoms. The van der Waals surface area contributed by atoms with Crippen LogP contribution in [0, 0.1) is 0 Å². The van der Waals surface area contributed by atoms with Crippen molar-refractivity contribution in [2.24, 2.45) is 0 Å². The van der Waals surface area contributed by atoms with Crippen molar-refractivity contribution in [3.05, 3.63) is 29.8 Å². The average molecular weight is 310 g/mol. The van der Waals surface area contributed by atoms with E-state index in [1.165, 1.54) is 0 Å². The fourth-order valence-electron chi connectivity index (χ4n) is 2.94. The van der Waals surface area contributed by atoms with Crippen molar-refractivity contribution >= 4 is 10.0 Å². The van der Waals surface area contributed by atoms with E-state index in [-0.39, 0.29) is 6.04 Å². The van der Waals surface area contributed by atoms with Crippen LogP contribution in [0.1, 0.15) is 18.9 Å². The van der Waals surface area contributed by atoms with Crippen LogP contribution >= 0.6 is 0 Å². The molecule has 116 valence electrons. The molecule has 1 aliphatic heterocycles. The van der Waals surface area contributed by atoms with Crippen molar-refractivity contribution in [1.82, 2.24) is 9.62 Å². The summed E-state index contributed by atoms with van der Waals surface area (Å²) in [6.45, 7) is 5.26. The van der Waals surface area contributed by atoms with Crippen LogP contribution in [0.15, 0.2) is 29.2 Å². The molecule has 5 nitrogen and oxygen atoms in total. The molecule has 21 heavy (non-hydrogen) atoms. The van der Waals surface area contributed by atoms with Crippen LogP contribution in [-0.4, -0.2) is 51.7 Å². The van der Waals surface area contributed by atoms with Gasteiger partial charge >= 0.3 is 0 Å². The SMILES string of the molecule is CCc1ccccc1S(=O)(=O)N[C@@H]1C[C@H]1N1CCOCC1. The molecule has 0 amide bonds. The summed E-state index contributed by atoms with van der Waals surface area (Å²) in [6, 6.07) is 7.59. The number of benzene rings is 1. The third-order valence-corrected chi connectivity index (χ3v) is 5.81. The molecule has 1 saturated carbocycles. The third-order valence-electron chi connectivity index (χ3n) is 4.22. The van der Waals surface area contributed by atoms with Gasteiger partial charge in [0.2, 0.25) is 10.0 Å². The molecule has 6 heteroatoms. The average Bonchev–Trinajstić information content (AvgIpc) is 3.26. The van der Waals surface area contributed by atoms with Gasteiger partial charge in [-0.2, -0.15) is 0 Å². The van der Waals surface area contributed by atoms with E-state index < -0.39 is 10.0 Å². The Bertz CT molecular complexity index is 597. The topological polar surface area (TPSA) is 58.6 Å². The van der Waals surface area contributed by atoms with E-state index in [0.29, 0.717) is 17.4 Å². The lowest BCUT2D eigenvalue weighted by Gasteiger charge is -2.27. The zero-order valence-electron chi connectivity index (χ0n) is 12.3. The largest absolute Gasteiger partial charge is 0.379 e. The first-order chi connectivity index (χ1) is 10.1. The molecule has 1 aromatic carbocycles. The van der Waals surface area contributed by atoms with Gasteiger partial charge in [-0.25, -0.2) is 13.1 Å². The van der Waals surface area contributed by atoms with E-state index in [0.717, 1.165) is 38.3 Å². The molecule has 1 N–H and O–H groups in total. The van der Waals surface area contributed by atoms with Crippen molar-refractivity contribution in [2.75, 3.05) is 26.3 Å². The summed E-state index contributed by atoms with van der Waals surface area (Å²) in [5.74, 6) is 0. The molecule has 0 spiro atoms. The Kier molecular flexibility index (Phi) is 4.31. The van der Waals surface area contributed by atoms with Gasteiger partial charge in [-0.05, 0) is 24.5 Å². The number of hydrogen-bond acceptors (Lipinski definition) is 4. The van der Waals surface area contributed by atoms with E-state index in [9.17, 15) is 8.42 Å². The Morgan fingerprint density at radius 2 is 2.00 bits per heavy atom. The predicted molar refractivity (Wildman–Crippen MR) is 80.7 cm³/mol. The van der Waals surface area contributed by atoms with E-state index in [1.807, 2.05) is 19.1 Å². The highest BCUT2D eigenvalue weighted by Crippen LogP contribution is 2.30. The zero-order chi connectivity index (χ0) is 14.9. The van der Waals surface area contributed by atoms with Crippen LogP contribution in [0.3, 0.4) is 0 Å². The maximum Gasteiger partial charge on any atom is 0.241 e. The minimum absolute atomic E-state index is 0.0398. The highest BCUT2D eigenvalue weighted by molar-refractivity contribution is 7.89. The number of nitrogens with zero attached hydrogens (tertiary/aromatic N) is 1. The number of morpholine rings is 1. The van der Waals surface area contributed by atoms with Gasteiger partial charge < -0.3 is 4.74 Å². The second kappa shape index (κ2) is 6.04. The number of sulfonamides is 1. The zero-order valence-corrected chi connectivity index (χ0v) is 13.1. The van der Waals surface area contributed by atoms with Crippen LogP contribution in [0.4, 0.5) is 0 Å². The van der Waals surface area contributed by atoms with Crippen molar-refractivity contribution in [2.45, 2.75) is 36.7 Å². The second-order valence-electron chi connectivity index (χ2n) is 5.64. The molecule has 3 rings (SSSR count). The summed E-state index contributed by atoms with van der Waals surface area (Å²) in [5.41, 5.74) is 0.869. The maximum absolute atomic E-state index is 12.5. The summed E-state index contributed by atoms with van der Waals surface area (Å²) in [7, 11) is -3.42. The Balaban J connectivity index is 1.67. The molecular formula is C15H22N2O3S. The minimum Gasteiger partial charge on any atom is -0.379 e. The Hall–Kier alpha value is -0.950. The number of nitrogens with one attached hydrogen (secondary N) is 1. The number of hydrogen-bond donors (Lipinski definition) is 1. The summed E-state index contributed by atoms with van der Waals surface area (Å²) >= 11 is 0. The number of ether oxygens (including phenoxy) is 1. The standard InChI is InChI=1S/C15H22N2O3S/c1-2-12-5-3-4-6-15(12)21(18,19)16-13-11-14(13)17-7-9-20-10-8-17/h3-6,13-14,16H,2,7-11H2,1H3/t13-,14-/m1/s1. The van der Waals surface area contributed by atoms with Crippen LogP contribution in [0.5, 0.6) is 0 Å². The van der Waals surface area contributed by atoms with Crippen LogP contribution in [0.25, 0.3) is 0 Å². The van der Waals surface area contributed by atoms with Crippen LogP contribution in [0.2, 0.25) is 0 Å². The molecule has 1 aromatic rings. The smallest absolute Gasteiger partial charge is 0.241 e. The molecule has 1 aliphatic carbocycles.